The largest absolute Gasteiger partial charge is 0.294 e. The molecule has 0 aliphatic rings. The summed E-state index contributed by atoms with van der Waals surface area (Å²) in [6, 6.07) is 7.58. The summed E-state index contributed by atoms with van der Waals surface area (Å²) in [5.41, 5.74) is 0.720. The number of thiophene rings is 1. The maximum absolute atomic E-state index is 12.1. The highest BCUT2D eigenvalue weighted by atomic mass is 79.9. The topological polar surface area (TPSA) is 17.1 Å². The number of hydrogen-bond donors (Lipinski definition) is 0. The number of carbonyl (C=O) groups is 1. The predicted molar refractivity (Wildman–Crippen MR) is 81.9 cm³/mol. The quantitative estimate of drug-likeness (QED) is 0.581. The van der Waals surface area contributed by atoms with Gasteiger partial charge in [0, 0.05) is 35.7 Å². The van der Waals surface area contributed by atoms with Crippen LogP contribution in [0.2, 0.25) is 0 Å². The smallest absolute Gasteiger partial charge is 0.169 e. The molecule has 1 nitrogen and oxygen atoms in total. The minimum absolute atomic E-state index is 0.124. The number of hydrogen-bond acceptors (Lipinski definition) is 2. The highest BCUT2D eigenvalue weighted by Gasteiger charge is 2.12. The maximum Gasteiger partial charge on any atom is 0.169 e. The van der Waals surface area contributed by atoms with E-state index in [1.54, 1.807) is 11.3 Å². The van der Waals surface area contributed by atoms with Gasteiger partial charge in [0.1, 0.15) is 0 Å². The third-order valence-corrected chi connectivity index (χ3v) is 5.04. The molecular formula is C12H7Br3OS. The number of benzene rings is 1. The van der Waals surface area contributed by atoms with Crippen molar-refractivity contribution in [3.63, 3.8) is 0 Å². The number of Topliss-reactive ketones (excluding diaryl/α,β-unsaturated/α-hetero) is 1. The SMILES string of the molecule is O=C(Cc1cc(Br)cs1)c1ccc(Br)cc1Br. The molecular weight excluding hydrogens is 432 g/mol. The summed E-state index contributed by atoms with van der Waals surface area (Å²) in [5.74, 6) is 0.124. The molecule has 17 heavy (non-hydrogen) atoms. The van der Waals surface area contributed by atoms with Crippen LogP contribution >= 0.6 is 59.1 Å². The second-order valence-corrected chi connectivity index (χ2v) is 7.14. The van der Waals surface area contributed by atoms with Gasteiger partial charge in [0.15, 0.2) is 5.78 Å². The van der Waals surface area contributed by atoms with E-state index >= 15 is 0 Å². The number of halogens is 3. The van der Waals surface area contributed by atoms with Gasteiger partial charge in [0.25, 0.3) is 0 Å². The molecule has 0 fully saturated rings. The highest BCUT2D eigenvalue weighted by molar-refractivity contribution is 9.11. The van der Waals surface area contributed by atoms with Gasteiger partial charge in [-0.15, -0.1) is 11.3 Å². The molecule has 0 amide bonds. The van der Waals surface area contributed by atoms with Crippen LogP contribution in [-0.4, -0.2) is 5.78 Å². The summed E-state index contributed by atoms with van der Waals surface area (Å²) in [5, 5.41) is 1.99. The molecule has 0 spiro atoms. The first kappa shape index (κ1) is 13.5. The van der Waals surface area contributed by atoms with Crippen molar-refractivity contribution in [1.82, 2.24) is 0 Å². The van der Waals surface area contributed by atoms with Crippen molar-refractivity contribution in [2.45, 2.75) is 6.42 Å². The molecule has 0 saturated heterocycles. The van der Waals surface area contributed by atoms with Crippen LogP contribution in [0.1, 0.15) is 15.2 Å². The Bertz CT molecular complexity index is 563. The van der Waals surface area contributed by atoms with Crippen molar-refractivity contribution >= 4 is 64.9 Å². The lowest BCUT2D eigenvalue weighted by molar-refractivity contribution is 0.0993. The highest BCUT2D eigenvalue weighted by Crippen LogP contribution is 2.25. The third kappa shape index (κ3) is 3.50. The first-order valence-corrected chi connectivity index (χ1v) is 8.03. The monoisotopic (exact) mass is 436 g/mol. The Labute approximate surface area is 129 Å². The van der Waals surface area contributed by atoms with Crippen LogP contribution in [-0.2, 0) is 6.42 Å². The second-order valence-electron chi connectivity index (χ2n) is 3.46. The standard InChI is InChI=1S/C12H7Br3OS/c13-7-1-2-10(11(15)4-7)12(16)5-9-3-8(14)6-17-9/h1-4,6H,5H2. The Balaban J connectivity index is 2.20. The van der Waals surface area contributed by atoms with Gasteiger partial charge in [-0.25, -0.2) is 0 Å². The van der Waals surface area contributed by atoms with Crippen LogP contribution in [0.5, 0.6) is 0 Å². The molecule has 1 aromatic carbocycles. The van der Waals surface area contributed by atoms with Crippen molar-refractivity contribution in [1.29, 1.82) is 0 Å². The summed E-state index contributed by atoms with van der Waals surface area (Å²) in [7, 11) is 0. The molecule has 5 heteroatoms. The zero-order valence-electron chi connectivity index (χ0n) is 8.54. The third-order valence-electron chi connectivity index (χ3n) is 2.19. The predicted octanol–water partition coefficient (Wildman–Crippen LogP) is 5.46. The van der Waals surface area contributed by atoms with E-state index < -0.39 is 0 Å². The lowest BCUT2D eigenvalue weighted by atomic mass is 10.1. The summed E-state index contributed by atoms with van der Waals surface area (Å²) >= 11 is 11.8. The molecule has 0 saturated carbocycles. The first-order valence-electron chi connectivity index (χ1n) is 4.77. The van der Waals surface area contributed by atoms with E-state index in [1.807, 2.05) is 29.6 Å². The minimum atomic E-state index is 0.124. The van der Waals surface area contributed by atoms with Gasteiger partial charge in [-0.2, -0.15) is 0 Å². The maximum atomic E-state index is 12.1. The van der Waals surface area contributed by atoms with Gasteiger partial charge in [0.05, 0.1) is 0 Å². The van der Waals surface area contributed by atoms with Crippen molar-refractivity contribution < 1.29 is 4.79 Å². The Kier molecular flexibility index (Phi) is 4.58. The lowest BCUT2D eigenvalue weighted by Crippen LogP contribution is -2.03. The molecule has 1 aromatic heterocycles. The van der Waals surface area contributed by atoms with Crippen LogP contribution in [0.15, 0.2) is 43.1 Å². The minimum Gasteiger partial charge on any atom is -0.294 e. The van der Waals surface area contributed by atoms with Gasteiger partial charge < -0.3 is 0 Å². The first-order chi connectivity index (χ1) is 8.06. The van der Waals surface area contributed by atoms with E-state index in [1.165, 1.54) is 0 Å². The molecule has 1 heterocycles. The van der Waals surface area contributed by atoms with Gasteiger partial charge in [0.2, 0.25) is 0 Å². The fourth-order valence-corrected chi connectivity index (χ4v) is 4.13. The molecule has 0 unspecified atom stereocenters. The fraction of sp³-hybridized carbons (Fsp3) is 0.0833. The number of carbonyl (C=O) groups excluding carboxylic acids is 1. The van der Waals surface area contributed by atoms with Crippen LogP contribution < -0.4 is 0 Å². The molecule has 88 valence electrons. The molecule has 0 aliphatic carbocycles. The van der Waals surface area contributed by atoms with Gasteiger partial charge >= 0.3 is 0 Å². The van der Waals surface area contributed by atoms with E-state index in [4.69, 9.17) is 0 Å². The van der Waals surface area contributed by atoms with Crippen molar-refractivity contribution in [3.05, 3.63) is 53.5 Å². The van der Waals surface area contributed by atoms with Crippen LogP contribution in [0.3, 0.4) is 0 Å². The van der Waals surface area contributed by atoms with Crippen LogP contribution in [0.25, 0.3) is 0 Å². The van der Waals surface area contributed by atoms with Gasteiger partial charge in [-0.05, 0) is 40.2 Å². The Morgan fingerprint density at radius 3 is 2.47 bits per heavy atom. The Hall–Kier alpha value is 0.0300. The molecule has 0 aliphatic heterocycles. The van der Waals surface area contributed by atoms with E-state index in [0.29, 0.717) is 6.42 Å². The summed E-state index contributed by atoms with van der Waals surface area (Å²) < 4.78 is 2.81. The molecule has 0 atom stereocenters. The zero-order chi connectivity index (χ0) is 12.4. The van der Waals surface area contributed by atoms with Crippen LogP contribution in [0, 0.1) is 0 Å². The molecule has 0 radical (unpaired) electrons. The van der Waals surface area contributed by atoms with Crippen molar-refractivity contribution in [3.8, 4) is 0 Å². The number of rotatable bonds is 3. The van der Waals surface area contributed by atoms with Gasteiger partial charge in [-0.3, -0.25) is 4.79 Å². The summed E-state index contributed by atoms with van der Waals surface area (Å²) in [6.45, 7) is 0. The van der Waals surface area contributed by atoms with E-state index in [9.17, 15) is 4.79 Å². The molecule has 0 bridgehead atoms. The lowest BCUT2D eigenvalue weighted by Gasteiger charge is -2.03. The van der Waals surface area contributed by atoms with E-state index in [2.05, 4.69) is 47.8 Å². The van der Waals surface area contributed by atoms with Crippen LogP contribution in [0.4, 0.5) is 0 Å². The summed E-state index contributed by atoms with van der Waals surface area (Å²) in [4.78, 5) is 13.2. The second kappa shape index (κ2) is 5.78. The Morgan fingerprint density at radius 1 is 1.12 bits per heavy atom. The molecule has 0 N–H and O–H groups in total. The zero-order valence-corrected chi connectivity index (χ0v) is 14.1. The average molecular weight is 439 g/mol. The van der Waals surface area contributed by atoms with Crippen molar-refractivity contribution in [2.24, 2.45) is 0 Å². The van der Waals surface area contributed by atoms with Gasteiger partial charge in [-0.1, -0.05) is 31.9 Å². The van der Waals surface area contributed by atoms with E-state index in [-0.39, 0.29) is 5.78 Å². The van der Waals surface area contributed by atoms with E-state index in [0.717, 1.165) is 23.9 Å². The Morgan fingerprint density at radius 2 is 1.88 bits per heavy atom. The summed E-state index contributed by atoms with van der Waals surface area (Å²) in [6.07, 6.45) is 0.441. The number of ketones is 1. The van der Waals surface area contributed by atoms with Crippen molar-refractivity contribution in [2.75, 3.05) is 0 Å². The fourth-order valence-electron chi connectivity index (χ4n) is 1.42. The average Bonchev–Trinajstić information content (AvgIpc) is 2.63. The molecule has 2 aromatic rings. The normalized spacial score (nSPS) is 10.5. The molecule has 2 rings (SSSR count).